The van der Waals surface area contributed by atoms with Gasteiger partial charge in [-0.05, 0) is 12.0 Å². The molecule has 1 fully saturated rings. The van der Waals surface area contributed by atoms with Crippen molar-refractivity contribution in [1.29, 1.82) is 0 Å². The Morgan fingerprint density at radius 2 is 1.44 bits per heavy atom. The number of hydrogen-bond donors (Lipinski definition) is 0. The van der Waals surface area contributed by atoms with Crippen LogP contribution in [0.15, 0.2) is 85.0 Å². The van der Waals surface area contributed by atoms with Crippen LogP contribution in [0.25, 0.3) is 0 Å². The first-order chi connectivity index (χ1) is 11.9. The van der Waals surface area contributed by atoms with E-state index >= 15 is 0 Å². The Labute approximate surface area is 153 Å². The molecule has 0 bridgehead atoms. The quantitative estimate of drug-likeness (QED) is 0.441. The van der Waals surface area contributed by atoms with Crippen molar-refractivity contribution in [1.82, 2.24) is 0 Å². The second kappa shape index (κ2) is 6.78. The zero-order valence-corrected chi connectivity index (χ0v) is 16.7. The Morgan fingerprint density at radius 3 is 1.84 bits per heavy atom. The number of ether oxygens (including phenoxy) is 1. The molecular formula is C23H28OSi. The van der Waals surface area contributed by atoms with Crippen LogP contribution in [0, 0.1) is 0 Å². The van der Waals surface area contributed by atoms with Crippen molar-refractivity contribution in [3.63, 3.8) is 0 Å². The molecule has 0 N–H and O–H groups in total. The fourth-order valence-corrected chi connectivity index (χ4v) is 10.0. The molecule has 2 heteroatoms. The van der Waals surface area contributed by atoms with Crippen LogP contribution < -0.4 is 10.4 Å². The molecule has 2 aromatic rings. The molecular weight excluding hydrogens is 320 g/mol. The van der Waals surface area contributed by atoms with Gasteiger partial charge in [-0.15, -0.1) is 0 Å². The summed E-state index contributed by atoms with van der Waals surface area (Å²) < 4.78 is 6.30. The Hall–Kier alpha value is -1.90. The summed E-state index contributed by atoms with van der Waals surface area (Å²) in [6, 6.07) is 22.0. The summed E-state index contributed by atoms with van der Waals surface area (Å²) in [7, 11) is -2.15. The summed E-state index contributed by atoms with van der Waals surface area (Å²) in [6.07, 6.45) is 4.46. The summed E-state index contributed by atoms with van der Waals surface area (Å²) in [6.45, 7) is 13.1. The Bertz CT molecular complexity index is 716. The second-order valence-corrected chi connectivity index (χ2v) is 12.9. The lowest BCUT2D eigenvalue weighted by atomic mass is 10.2. The maximum atomic E-state index is 6.30. The maximum Gasteiger partial charge on any atom is 0.157 e. The molecule has 0 unspecified atom stereocenters. The third kappa shape index (κ3) is 3.29. The molecule has 0 radical (unpaired) electrons. The Morgan fingerprint density at radius 1 is 0.960 bits per heavy atom. The first-order valence-electron chi connectivity index (χ1n) is 8.97. The van der Waals surface area contributed by atoms with Gasteiger partial charge in [-0.3, -0.25) is 0 Å². The average molecular weight is 349 g/mol. The van der Waals surface area contributed by atoms with E-state index in [1.165, 1.54) is 10.4 Å². The minimum Gasteiger partial charge on any atom is -0.368 e. The Balaban J connectivity index is 2.16. The molecule has 1 nitrogen and oxygen atoms in total. The number of allylic oxidation sites excluding steroid dienone is 2. The van der Waals surface area contributed by atoms with Gasteiger partial charge in [-0.2, -0.15) is 0 Å². The zero-order chi connectivity index (χ0) is 18.1. The van der Waals surface area contributed by atoms with Crippen LogP contribution in [0.3, 0.4) is 0 Å². The van der Waals surface area contributed by atoms with Gasteiger partial charge in [0.2, 0.25) is 0 Å². The van der Waals surface area contributed by atoms with Gasteiger partial charge in [-0.1, -0.05) is 116 Å². The lowest BCUT2D eigenvalue weighted by molar-refractivity contribution is 0.418. The second-order valence-electron chi connectivity index (χ2n) is 8.02. The number of benzene rings is 2. The predicted octanol–water partition coefficient (Wildman–Crippen LogP) is 4.49. The topological polar surface area (TPSA) is 12.5 Å². The molecule has 2 aromatic carbocycles. The van der Waals surface area contributed by atoms with Crippen molar-refractivity contribution in [2.75, 3.05) is 0 Å². The van der Waals surface area contributed by atoms with E-state index in [-0.39, 0.29) is 16.9 Å². The van der Waals surface area contributed by atoms with Gasteiger partial charge in [-0.25, -0.2) is 0 Å². The van der Waals surface area contributed by atoms with E-state index in [9.17, 15) is 0 Å². The molecule has 0 saturated carbocycles. The fraction of sp³-hybridized carbons (Fsp3) is 0.304. The fourth-order valence-electron chi connectivity index (χ4n) is 4.07. The molecule has 3 rings (SSSR count). The highest BCUT2D eigenvalue weighted by atomic mass is 28.3. The average Bonchev–Trinajstić information content (AvgIpc) is 3.34. The maximum absolute atomic E-state index is 6.30. The van der Waals surface area contributed by atoms with E-state index < -0.39 is 8.07 Å². The highest BCUT2D eigenvalue weighted by Crippen LogP contribution is 2.46. The molecule has 25 heavy (non-hydrogen) atoms. The van der Waals surface area contributed by atoms with Crippen LogP contribution >= 0.6 is 0 Å². The normalized spacial score (nSPS) is 20.6. The van der Waals surface area contributed by atoms with E-state index in [1.54, 1.807) is 0 Å². The van der Waals surface area contributed by atoms with Crippen molar-refractivity contribution < 1.29 is 4.74 Å². The van der Waals surface area contributed by atoms with Gasteiger partial charge in [0.15, 0.2) is 8.07 Å². The SMILES string of the molecule is C=C(C)/C=C\[C@@H]1O[C@H]1[Si](c1ccccc1)(c1ccccc1)C(C)(C)C. The van der Waals surface area contributed by atoms with Crippen LogP contribution in [0.4, 0.5) is 0 Å². The minimum absolute atomic E-state index is 0.131. The number of epoxide rings is 1. The third-order valence-electron chi connectivity index (χ3n) is 5.16. The monoisotopic (exact) mass is 348 g/mol. The highest BCUT2D eigenvalue weighted by molar-refractivity contribution is 7.05. The van der Waals surface area contributed by atoms with Gasteiger partial charge in [0, 0.05) is 0 Å². The summed E-state index contributed by atoms with van der Waals surface area (Å²) in [5.74, 6) is 0. The smallest absolute Gasteiger partial charge is 0.157 e. The van der Waals surface area contributed by atoms with Crippen molar-refractivity contribution in [3.8, 4) is 0 Å². The van der Waals surface area contributed by atoms with Gasteiger partial charge in [0.25, 0.3) is 0 Å². The van der Waals surface area contributed by atoms with Crippen molar-refractivity contribution in [2.24, 2.45) is 0 Å². The molecule has 0 aromatic heterocycles. The molecule has 1 aliphatic rings. The first-order valence-corrected chi connectivity index (χ1v) is 11.1. The number of rotatable bonds is 5. The molecule has 0 aliphatic carbocycles. The Kier molecular flexibility index (Phi) is 4.85. The van der Waals surface area contributed by atoms with Gasteiger partial charge in [0.1, 0.15) is 6.10 Å². The van der Waals surface area contributed by atoms with E-state index in [1.807, 2.05) is 6.92 Å². The van der Waals surface area contributed by atoms with E-state index in [4.69, 9.17) is 4.74 Å². The standard InChI is InChI=1S/C23H28OSi/c1-18(2)16-17-21-22(24-21)25(23(3,4)5,19-12-8-6-9-13-19)20-14-10-7-11-15-20/h6-17,21-22H,1H2,2-5H3/b17-16-/t21-,22-/m0/s1. The first kappa shape index (κ1) is 17.9. The van der Waals surface area contributed by atoms with Crippen LogP contribution in [0.5, 0.6) is 0 Å². The van der Waals surface area contributed by atoms with E-state index in [0.29, 0.717) is 0 Å². The van der Waals surface area contributed by atoms with Crippen LogP contribution in [-0.2, 0) is 4.74 Å². The molecule has 2 atom stereocenters. The van der Waals surface area contributed by atoms with Crippen molar-refractivity contribution in [3.05, 3.63) is 85.0 Å². The van der Waals surface area contributed by atoms with Crippen molar-refractivity contribution in [2.45, 2.75) is 44.6 Å². The lowest BCUT2D eigenvalue weighted by Gasteiger charge is -2.43. The molecule has 1 heterocycles. The van der Waals surface area contributed by atoms with E-state index in [2.05, 4.69) is 100 Å². The van der Waals surface area contributed by atoms with Crippen molar-refractivity contribution >= 4 is 18.4 Å². The zero-order valence-electron chi connectivity index (χ0n) is 15.7. The van der Waals surface area contributed by atoms with Crippen LogP contribution in [-0.4, -0.2) is 19.9 Å². The van der Waals surface area contributed by atoms with Gasteiger partial charge < -0.3 is 4.74 Å². The summed E-state index contributed by atoms with van der Waals surface area (Å²) in [5.41, 5.74) is 1.32. The summed E-state index contributed by atoms with van der Waals surface area (Å²) in [5, 5.41) is 3.03. The molecule has 0 amide bonds. The van der Waals surface area contributed by atoms with Gasteiger partial charge in [0.05, 0.1) is 5.73 Å². The van der Waals surface area contributed by atoms with Crippen LogP contribution in [0.2, 0.25) is 5.04 Å². The molecule has 130 valence electrons. The third-order valence-corrected chi connectivity index (χ3v) is 11.3. The predicted molar refractivity (Wildman–Crippen MR) is 110 cm³/mol. The number of hydrogen-bond acceptors (Lipinski definition) is 1. The lowest BCUT2D eigenvalue weighted by Crippen LogP contribution is -2.69. The highest BCUT2D eigenvalue weighted by Gasteiger charge is 2.62. The van der Waals surface area contributed by atoms with Crippen LogP contribution in [0.1, 0.15) is 27.7 Å². The minimum atomic E-state index is -2.15. The van der Waals surface area contributed by atoms with E-state index in [0.717, 1.165) is 5.57 Å². The largest absolute Gasteiger partial charge is 0.368 e. The van der Waals surface area contributed by atoms with Gasteiger partial charge >= 0.3 is 0 Å². The molecule has 1 aliphatic heterocycles. The summed E-state index contributed by atoms with van der Waals surface area (Å²) in [4.78, 5) is 0. The molecule has 0 spiro atoms. The summed E-state index contributed by atoms with van der Waals surface area (Å²) >= 11 is 0. The molecule has 1 saturated heterocycles.